The van der Waals surface area contributed by atoms with E-state index in [4.69, 9.17) is 33.6 Å². The standard InChI is InChI=1S/C28H34ClN9O7S2/c1-28(2,26(43)44)45-36-18(19-21(29)47-27(32)35-19)17(39)10-15-23(40)38-20(25(41)42)14(12-46-24(15)38)6-5-9-37-11-16(22(31)34-13-37)33-8-4-3-7-30/h5-6,11,13,15,24,31,33H,3-4,7-10,12,30H2,1-2H3,(H4,32,35,41,42,43,44)/p+1/b6-5+,36-18+/t15-,24?/m1/s1. The van der Waals surface area contributed by atoms with Crippen LogP contribution >= 0.6 is 34.7 Å². The molecule has 0 spiro atoms. The first-order valence-electron chi connectivity index (χ1n) is 14.4. The molecule has 0 bridgehead atoms. The summed E-state index contributed by atoms with van der Waals surface area (Å²) in [5, 5.41) is 25.8. The fraction of sp³-hybridized carbons (Fsp3) is 0.429. The van der Waals surface area contributed by atoms with Crippen molar-refractivity contribution >= 4 is 80.7 Å². The third kappa shape index (κ3) is 8.19. The Kier molecular flexibility index (Phi) is 11.4. The number of unbranched alkanes of at least 4 members (excludes halogenated alkanes) is 1. The van der Waals surface area contributed by atoms with Crippen LogP contribution in [0.25, 0.3) is 0 Å². The largest absolute Gasteiger partial charge is 0.478 e. The minimum atomic E-state index is -1.79. The summed E-state index contributed by atoms with van der Waals surface area (Å²) in [5.41, 5.74) is 15.9. The van der Waals surface area contributed by atoms with Crippen LogP contribution in [0.1, 0.15) is 38.8 Å². The zero-order valence-electron chi connectivity index (χ0n) is 25.5. The molecular weight excluding hydrogens is 674 g/mol. The number of carbonyl (C=O) groups is 4. The molecule has 1 amide bonds. The van der Waals surface area contributed by atoms with E-state index in [9.17, 15) is 29.4 Å². The van der Waals surface area contributed by atoms with E-state index in [1.165, 1.54) is 30.5 Å². The number of nitrogen functional groups attached to an aromatic ring is 2. The predicted octanol–water partition coefficient (Wildman–Crippen LogP) is 1.46. The molecule has 1 saturated heterocycles. The van der Waals surface area contributed by atoms with Gasteiger partial charge in [0.15, 0.2) is 16.6 Å². The first kappa shape index (κ1) is 35.6. The summed E-state index contributed by atoms with van der Waals surface area (Å²) >= 11 is 8.41. The minimum Gasteiger partial charge on any atom is -0.478 e. The molecule has 19 heteroatoms. The molecular formula is C28H35ClN9O7S2+. The van der Waals surface area contributed by atoms with E-state index in [-0.39, 0.29) is 33.0 Å². The van der Waals surface area contributed by atoms with Crippen molar-refractivity contribution in [1.29, 1.82) is 0 Å². The van der Waals surface area contributed by atoms with Gasteiger partial charge in [0.1, 0.15) is 34.2 Å². The first-order valence-corrected chi connectivity index (χ1v) is 16.6. The summed E-state index contributed by atoms with van der Waals surface area (Å²) in [6.07, 6.45) is 8.14. The number of halogens is 1. The number of aliphatic carboxylic acids is 2. The number of hydrogen-bond donors (Lipinski definition) is 6. The number of aromatic nitrogens is 3. The van der Waals surface area contributed by atoms with E-state index in [2.05, 4.69) is 20.4 Å². The number of ketones is 1. The Labute approximate surface area is 282 Å². The van der Waals surface area contributed by atoms with Crippen LogP contribution in [-0.4, -0.2) is 84.2 Å². The Bertz CT molecular complexity index is 1660. The third-order valence-electron chi connectivity index (χ3n) is 7.18. The second-order valence-electron chi connectivity index (χ2n) is 11.0. The van der Waals surface area contributed by atoms with Gasteiger partial charge in [-0.15, -0.1) is 11.8 Å². The van der Waals surface area contributed by atoms with Crippen molar-refractivity contribution in [2.24, 2.45) is 16.8 Å². The highest BCUT2D eigenvalue weighted by Crippen LogP contribution is 2.45. The van der Waals surface area contributed by atoms with Gasteiger partial charge in [-0.3, -0.25) is 14.5 Å². The number of anilines is 3. The van der Waals surface area contributed by atoms with Gasteiger partial charge < -0.3 is 37.6 Å². The summed E-state index contributed by atoms with van der Waals surface area (Å²) in [7, 11) is 0. The van der Waals surface area contributed by atoms with Crippen LogP contribution < -0.4 is 27.1 Å². The lowest BCUT2D eigenvalue weighted by Crippen LogP contribution is -2.62. The van der Waals surface area contributed by atoms with Gasteiger partial charge in [0, 0.05) is 18.7 Å². The van der Waals surface area contributed by atoms with Crippen LogP contribution in [0.2, 0.25) is 4.34 Å². The second kappa shape index (κ2) is 15.1. The lowest BCUT2D eigenvalue weighted by Gasteiger charge is -2.49. The van der Waals surface area contributed by atoms with Gasteiger partial charge in [0.2, 0.25) is 11.5 Å². The Morgan fingerprint density at radius 2 is 2.04 bits per heavy atom. The number of thiazole rings is 1. The van der Waals surface area contributed by atoms with E-state index >= 15 is 0 Å². The molecule has 2 aromatic heterocycles. The molecule has 2 aliphatic heterocycles. The summed E-state index contributed by atoms with van der Waals surface area (Å²) in [6.45, 7) is 4.11. The molecule has 4 rings (SSSR count). The summed E-state index contributed by atoms with van der Waals surface area (Å²) in [6, 6.07) is 0. The van der Waals surface area contributed by atoms with Gasteiger partial charge in [0.25, 0.3) is 12.1 Å². The fourth-order valence-corrected chi connectivity index (χ4v) is 6.92. The lowest BCUT2D eigenvalue weighted by molar-refractivity contribution is -0.689. The van der Waals surface area contributed by atoms with E-state index in [0.717, 1.165) is 24.2 Å². The Hall–Kier alpha value is -4.26. The maximum absolute atomic E-state index is 13.5. The average Bonchev–Trinajstić information content (AvgIpc) is 3.35. The van der Waals surface area contributed by atoms with Crippen molar-refractivity contribution in [1.82, 2.24) is 14.9 Å². The molecule has 1 unspecified atom stereocenters. The number of Topliss-reactive ketones (excluding diaryl/α,β-unsaturated/α-hetero) is 1. The Morgan fingerprint density at radius 3 is 2.68 bits per heavy atom. The Balaban J connectivity index is 1.49. The molecule has 2 aromatic rings. The second-order valence-corrected chi connectivity index (χ2v) is 13.8. The zero-order chi connectivity index (χ0) is 34.5. The molecule has 0 aliphatic carbocycles. The van der Waals surface area contributed by atoms with E-state index in [1.54, 1.807) is 29.2 Å². The maximum atomic E-state index is 13.5. The molecule has 9 N–H and O–H groups in total. The van der Waals surface area contributed by atoms with Gasteiger partial charge in [-0.05, 0) is 49.9 Å². The van der Waals surface area contributed by atoms with E-state index in [0.29, 0.717) is 36.7 Å². The molecule has 0 aromatic carbocycles. The van der Waals surface area contributed by atoms with Crippen molar-refractivity contribution in [3.8, 4) is 0 Å². The monoisotopic (exact) mass is 708 g/mol. The zero-order valence-corrected chi connectivity index (χ0v) is 27.9. The third-order valence-corrected chi connectivity index (χ3v) is 9.63. The SMILES string of the molecule is CC(C)(O/N=C(\C(=O)C[C@@H]1C(=O)N2C(C(=O)O)=C(/C=C/C[n+]3cnc(N)c(NCCCCN)c3)CSC12)c1nc(N)sc1Cl)C(=O)O. The van der Waals surface area contributed by atoms with Crippen LogP contribution in [0, 0.1) is 5.92 Å². The number of allylic oxidation sites excluding steroid dienone is 2. The number of carboxylic acid groups (broad SMARTS) is 2. The number of nitrogens with two attached hydrogens (primary N) is 3. The number of rotatable bonds is 16. The van der Waals surface area contributed by atoms with Crippen molar-refractivity contribution in [3.63, 3.8) is 0 Å². The quantitative estimate of drug-likeness (QED) is 0.0475. The van der Waals surface area contributed by atoms with Crippen molar-refractivity contribution in [2.75, 3.05) is 35.6 Å². The lowest BCUT2D eigenvalue weighted by atomic mass is 9.89. The molecule has 16 nitrogen and oxygen atoms in total. The average molecular weight is 709 g/mol. The van der Waals surface area contributed by atoms with Crippen LogP contribution in [0.5, 0.6) is 0 Å². The van der Waals surface area contributed by atoms with Gasteiger partial charge in [-0.25, -0.2) is 19.1 Å². The highest BCUT2D eigenvalue weighted by atomic mass is 35.5. The minimum absolute atomic E-state index is 0.0235. The van der Waals surface area contributed by atoms with Crippen molar-refractivity contribution < 1.29 is 38.8 Å². The van der Waals surface area contributed by atoms with Gasteiger partial charge in [-0.1, -0.05) is 34.2 Å². The fourth-order valence-electron chi connectivity index (χ4n) is 4.61. The number of amides is 1. The molecule has 2 atom stereocenters. The maximum Gasteiger partial charge on any atom is 0.352 e. The molecule has 252 valence electrons. The highest BCUT2D eigenvalue weighted by Gasteiger charge is 2.54. The van der Waals surface area contributed by atoms with E-state index in [1.807, 2.05) is 0 Å². The normalized spacial score (nSPS) is 18.3. The number of thioether (sulfide) groups is 1. The van der Waals surface area contributed by atoms with E-state index < -0.39 is 46.2 Å². The molecule has 2 aliphatic rings. The van der Waals surface area contributed by atoms with Crippen molar-refractivity contribution in [2.45, 2.75) is 50.6 Å². The van der Waals surface area contributed by atoms with Crippen LogP contribution in [0.4, 0.5) is 16.6 Å². The number of hydrogen-bond acceptors (Lipinski definition) is 14. The number of nitrogens with zero attached hydrogens (tertiary/aromatic N) is 5. The smallest absolute Gasteiger partial charge is 0.352 e. The summed E-state index contributed by atoms with van der Waals surface area (Å²) in [5.74, 6) is -4.15. The van der Waals surface area contributed by atoms with Gasteiger partial charge in [0.05, 0.1) is 11.3 Å². The highest BCUT2D eigenvalue weighted by molar-refractivity contribution is 8.00. The van der Waals surface area contributed by atoms with Crippen molar-refractivity contribution in [3.05, 3.63) is 46.0 Å². The van der Waals surface area contributed by atoms with Crippen LogP contribution in [0.3, 0.4) is 0 Å². The molecule has 0 saturated carbocycles. The molecule has 47 heavy (non-hydrogen) atoms. The molecule has 0 radical (unpaired) electrons. The topological polar surface area (TPSA) is 253 Å². The summed E-state index contributed by atoms with van der Waals surface area (Å²) in [4.78, 5) is 65.2. The number of β-lactam (4-membered cyclic amide) rings is 1. The number of nitrogens with one attached hydrogen (secondary N) is 1. The first-order chi connectivity index (χ1) is 22.2. The molecule has 1 fully saturated rings. The number of oxime groups is 1. The number of carbonyl (C=O) groups excluding carboxylic acids is 2. The van der Waals surface area contributed by atoms with Gasteiger partial charge >= 0.3 is 11.9 Å². The number of carboxylic acids is 2. The number of fused-ring (bicyclic) bond motifs is 1. The van der Waals surface area contributed by atoms with Crippen LogP contribution in [-0.2, 0) is 30.6 Å². The molecule has 4 heterocycles. The van der Waals surface area contributed by atoms with Crippen LogP contribution in [0.15, 0.2) is 41.1 Å². The predicted molar refractivity (Wildman–Crippen MR) is 177 cm³/mol. The summed E-state index contributed by atoms with van der Waals surface area (Å²) < 4.78 is 1.80. The Morgan fingerprint density at radius 1 is 1.30 bits per heavy atom. The van der Waals surface area contributed by atoms with Gasteiger partial charge in [-0.2, -0.15) is 0 Å².